The molecule has 3 N–H and O–H groups in total. The van der Waals surface area contributed by atoms with Gasteiger partial charge in [0.25, 0.3) is 0 Å². The molecule has 0 saturated carbocycles. The summed E-state index contributed by atoms with van der Waals surface area (Å²) < 4.78 is 0. The lowest BCUT2D eigenvalue weighted by atomic mass is 9.94. The summed E-state index contributed by atoms with van der Waals surface area (Å²) in [5.74, 6) is -0.933. The number of nitrogens with one attached hydrogen (secondary N) is 2. The van der Waals surface area contributed by atoms with Crippen LogP contribution in [0.1, 0.15) is 25.0 Å². The van der Waals surface area contributed by atoms with Gasteiger partial charge in [0.2, 0.25) is 0 Å². The summed E-state index contributed by atoms with van der Waals surface area (Å²) in [4.78, 5) is 22.5. The number of amides is 2. The van der Waals surface area contributed by atoms with Crippen LogP contribution in [0.4, 0.5) is 4.79 Å². The SMILES string of the molecule is Cc1ccccc1CCNC(=O)NCC(C)(C)C(=O)O. The van der Waals surface area contributed by atoms with Gasteiger partial charge in [0.05, 0.1) is 5.41 Å². The first-order chi connectivity index (χ1) is 9.33. The summed E-state index contributed by atoms with van der Waals surface area (Å²) >= 11 is 0. The van der Waals surface area contributed by atoms with E-state index in [1.54, 1.807) is 13.8 Å². The van der Waals surface area contributed by atoms with Crippen molar-refractivity contribution in [3.05, 3.63) is 35.4 Å². The van der Waals surface area contributed by atoms with Gasteiger partial charge in [-0.3, -0.25) is 4.79 Å². The lowest BCUT2D eigenvalue weighted by Gasteiger charge is -2.19. The number of benzene rings is 1. The molecule has 0 saturated heterocycles. The Morgan fingerprint density at radius 2 is 1.85 bits per heavy atom. The first-order valence-electron chi connectivity index (χ1n) is 6.62. The number of carboxylic acid groups (broad SMARTS) is 1. The topological polar surface area (TPSA) is 78.4 Å². The molecule has 0 bridgehead atoms. The van der Waals surface area contributed by atoms with E-state index in [0.717, 1.165) is 6.42 Å². The third-order valence-electron chi connectivity index (χ3n) is 3.21. The Balaban J connectivity index is 2.31. The molecule has 0 atom stereocenters. The highest BCUT2D eigenvalue weighted by Crippen LogP contribution is 2.12. The van der Waals surface area contributed by atoms with Gasteiger partial charge in [-0.25, -0.2) is 4.79 Å². The van der Waals surface area contributed by atoms with E-state index in [1.807, 2.05) is 31.2 Å². The molecule has 0 heterocycles. The molecular weight excluding hydrogens is 256 g/mol. The molecule has 1 aromatic rings. The molecule has 2 amide bonds. The largest absolute Gasteiger partial charge is 0.481 e. The van der Waals surface area contributed by atoms with Crippen LogP contribution < -0.4 is 10.6 Å². The molecule has 0 aliphatic carbocycles. The third-order valence-corrected chi connectivity index (χ3v) is 3.21. The van der Waals surface area contributed by atoms with Gasteiger partial charge in [-0.05, 0) is 38.3 Å². The minimum Gasteiger partial charge on any atom is -0.481 e. The number of hydrogen-bond donors (Lipinski definition) is 3. The summed E-state index contributed by atoms with van der Waals surface area (Å²) in [6, 6.07) is 7.67. The quantitative estimate of drug-likeness (QED) is 0.744. The van der Waals surface area contributed by atoms with E-state index >= 15 is 0 Å². The Kier molecular flexibility index (Phi) is 5.55. The van der Waals surface area contributed by atoms with Crippen LogP contribution in [0.15, 0.2) is 24.3 Å². The molecule has 5 heteroatoms. The third kappa shape index (κ3) is 4.91. The Morgan fingerprint density at radius 1 is 1.20 bits per heavy atom. The standard InChI is InChI=1S/C15H22N2O3/c1-11-6-4-5-7-12(11)8-9-16-14(20)17-10-15(2,3)13(18)19/h4-7H,8-10H2,1-3H3,(H,18,19)(H2,16,17,20). The summed E-state index contributed by atoms with van der Waals surface area (Å²) in [6.07, 6.45) is 0.752. The van der Waals surface area contributed by atoms with E-state index < -0.39 is 11.4 Å². The maximum absolute atomic E-state index is 11.6. The van der Waals surface area contributed by atoms with Crippen molar-refractivity contribution < 1.29 is 14.7 Å². The number of urea groups is 1. The predicted octanol–water partition coefficient (Wildman–Crippen LogP) is 1.95. The molecule has 0 fully saturated rings. The zero-order valence-electron chi connectivity index (χ0n) is 12.2. The first-order valence-corrected chi connectivity index (χ1v) is 6.62. The molecule has 0 aliphatic heterocycles. The van der Waals surface area contributed by atoms with Crippen LogP contribution in [-0.4, -0.2) is 30.2 Å². The molecule has 110 valence electrons. The van der Waals surface area contributed by atoms with Crippen molar-refractivity contribution in [1.29, 1.82) is 0 Å². The van der Waals surface area contributed by atoms with E-state index in [9.17, 15) is 9.59 Å². The van der Waals surface area contributed by atoms with Crippen molar-refractivity contribution in [2.45, 2.75) is 27.2 Å². The lowest BCUT2D eigenvalue weighted by Crippen LogP contribution is -2.44. The van der Waals surface area contributed by atoms with Crippen LogP contribution in [0.5, 0.6) is 0 Å². The number of rotatable bonds is 6. The van der Waals surface area contributed by atoms with Crippen LogP contribution >= 0.6 is 0 Å². The number of aryl methyl sites for hydroxylation is 1. The Bertz CT molecular complexity index is 484. The summed E-state index contributed by atoms with van der Waals surface area (Å²) in [5, 5.41) is 14.2. The maximum Gasteiger partial charge on any atom is 0.314 e. The molecule has 0 spiro atoms. The van der Waals surface area contributed by atoms with Crippen molar-refractivity contribution in [3.8, 4) is 0 Å². The van der Waals surface area contributed by atoms with Gasteiger partial charge in [-0.15, -0.1) is 0 Å². The molecule has 0 unspecified atom stereocenters. The Labute approximate surface area is 119 Å². The van der Waals surface area contributed by atoms with Crippen LogP contribution in [0.3, 0.4) is 0 Å². The lowest BCUT2D eigenvalue weighted by molar-refractivity contribution is -0.146. The predicted molar refractivity (Wildman–Crippen MR) is 77.7 cm³/mol. The fraction of sp³-hybridized carbons (Fsp3) is 0.467. The van der Waals surface area contributed by atoms with Gasteiger partial charge in [0, 0.05) is 13.1 Å². The highest BCUT2D eigenvalue weighted by atomic mass is 16.4. The van der Waals surface area contributed by atoms with E-state index in [2.05, 4.69) is 10.6 Å². The maximum atomic E-state index is 11.6. The van der Waals surface area contributed by atoms with Crippen LogP contribution in [0.25, 0.3) is 0 Å². The average Bonchev–Trinajstić information content (AvgIpc) is 2.38. The van der Waals surface area contributed by atoms with Crippen molar-refractivity contribution in [1.82, 2.24) is 10.6 Å². The smallest absolute Gasteiger partial charge is 0.314 e. The highest BCUT2D eigenvalue weighted by Gasteiger charge is 2.27. The molecule has 0 aliphatic rings. The number of hydrogen-bond acceptors (Lipinski definition) is 2. The van der Waals surface area contributed by atoms with Gasteiger partial charge < -0.3 is 15.7 Å². The monoisotopic (exact) mass is 278 g/mol. The van der Waals surface area contributed by atoms with Gasteiger partial charge >= 0.3 is 12.0 Å². The zero-order chi connectivity index (χ0) is 15.2. The second-order valence-corrected chi connectivity index (χ2v) is 5.47. The molecule has 0 aromatic heterocycles. The summed E-state index contributed by atoms with van der Waals surface area (Å²) in [7, 11) is 0. The molecule has 20 heavy (non-hydrogen) atoms. The van der Waals surface area contributed by atoms with Gasteiger partial charge in [-0.2, -0.15) is 0 Å². The molecule has 0 radical (unpaired) electrons. The van der Waals surface area contributed by atoms with Crippen LogP contribution in [0, 0.1) is 12.3 Å². The second kappa shape index (κ2) is 6.93. The van der Waals surface area contributed by atoms with E-state index in [4.69, 9.17) is 5.11 Å². The molecule has 5 nitrogen and oxygen atoms in total. The van der Waals surface area contributed by atoms with Crippen molar-refractivity contribution in [2.24, 2.45) is 5.41 Å². The zero-order valence-corrected chi connectivity index (χ0v) is 12.2. The van der Waals surface area contributed by atoms with Crippen LogP contribution in [0.2, 0.25) is 0 Å². The normalized spacial score (nSPS) is 10.9. The average molecular weight is 278 g/mol. The summed E-state index contributed by atoms with van der Waals surface area (Å²) in [6.45, 7) is 5.79. The highest BCUT2D eigenvalue weighted by molar-refractivity contribution is 5.77. The van der Waals surface area contributed by atoms with Crippen molar-refractivity contribution >= 4 is 12.0 Å². The number of carbonyl (C=O) groups excluding carboxylic acids is 1. The minimum absolute atomic E-state index is 0.0958. The fourth-order valence-electron chi connectivity index (χ4n) is 1.64. The van der Waals surface area contributed by atoms with E-state index in [-0.39, 0.29) is 12.6 Å². The van der Waals surface area contributed by atoms with Gasteiger partial charge in [-0.1, -0.05) is 24.3 Å². The Hall–Kier alpha value is -2.04. The molecule has 1 rings (SSSR count). The fourth-order valence-corrected chi connectivity index (χ4v) is 1.64. The van der Waals surface area contributed by atoms with Gasteiger partial charge in [0.15, 0.2) is 0 Å². The number of carbonyl (C=O) groups is 2. The second-order valence-electron chi connectivity index (χ2n) is 5.47. The minimum atomic E-state index is -0.965. The number of aliphatic carboxylic acids is 1. The molecule has 1 aromatic carbocycles. The summed E-state index contributed by atoms with van der Waals surface area (Å²) in [5.41, 5.74) is 1.42. The van der Waals surface area contributed by atoms with Gasteiger partial charge in [0.1, 0.15) is 0 Å². The van der Waals surface area contributed by atoms with E-state index in [1.165, 1.54) is 11.1 Å². The van der Waals surface area contributed by atoms with E-state index in [0.29, 0.717) is 6.54 Å². The first kappa shape index (κ1) is 16.0. The van der Waals surface area contributed by atoms with Crippen molar-refractivity contribution in [2.75, 3.05) is 13.1 Å². The van der Waals surface area contributed by atoms with Crippen LogP contribution in [-0.2, 0) is 11.2 Å². The molecular formula is C15H22N2O3. The van der Waals surface area contributed by atoms with Crippen molar-refractivity contribution in [3.63, 3.8) is 0 Å². The Morgan fingerprint density at radius 3 is 2.45 bits per heavy atom. The number of carboxylic acids is 1.